The van der Waals surface area contributed by atoms with Crippen LogP contribution < -0.4 is 16.6 Å². The van der Waals surface area contributed by atoms with E-state index in [1.165, 1.54) is 19.3 Å². The number of fused-ring (bicyclic) bond motifs is 3. The topological polar surface area (TPSA) is 106 Å². The predicted molar refractivity (Wildman–Crippen MR) is 109 cm³/mol. The van der Waals surface area contributed by atoms with E-state index in [2.05, 4.69) is 15.4 Å². The molecule has 28 heavy (non-hydrogen) atoms. The summed E-state index contributed by atoms with van der Waals surface area (Å²) in [5.74, 6) is 1.14. The lowest BCUT2D eigenvalue weighted by atomic mass is 9.67. The Bertz CT molecular complexity index is 946. The van der Waals surface area contributed by atoms with E-state index in [-0.39, 0.29) is 23.6 Å². The zero-order valence-electron chi connectivity index (χ0n) is 17.0. The minimum Gasteiger partial charge on any atom is -0.353 e. The summed E-state index contributed by atoms with van der Waals surface area (Å²) in [4.78, 5) is 29.5. The van der Waals surface area contributed by atoms with Gasteiger partial charge >= 0.3 is 0 Å². The summed E-state index contributed by atoms with van der Waals surface area (Å²) < 4.78 is 1.65. The molecule has 2 aromatic rings. The zero-order valence-corrected chi connectivity index (χ0v) is 17.0. The molecular formula is C21H31N5O2. The van der Waals surface area contributed by atoms with Crippen LogP contribution in [0.1, 0.15) is 55.3 Å². The molecule has 7 heteroatoms. The van der Waals surface area contributed by atoms with Crippen molar-refractivity contribution in [1.82, 2.24) is 20.1 Å². The number of hydrogen-bond donors (Lipinski definition) is 3. The molecule has 1 amide bonds. The molecule has 0 aliphatic heterocycles. The summed E-state index contributed by atoms with van der Waals surface area (Å²) in [5.41, 5.74) is 9.55. The lowest BCUT2D eigenvalue weighted by molar-refractivity contribution is -0.123. The van der Waals surface area contributed by atoms with Crippen molar-refractivity contribution >= 4 is 16.9 Å². The van der Waals surface area contributed by atoms with Gasteiger partial charge in [0.1, 0.15) is 0 Å². The summed E-state index contributed by atoms with van der Waals surface area (Å²) >= 11 is 0. The highest BCUT2D eigenvalue weighted by atomic mass is 16.1. The monoisotopic (exact) mass is 385 g/mol. The number of nitrogens with zero attached hydrogens (tertiary/aromatic N) is 2. The van der Waals surface area contributed by atoms with Gasteiger partial charge in [0.05, 0.1) is 5.39 Å². The first kappa shape index (κ1) is 19.2. The number of aromatic nitrogens is 3. The van der Waals surface area contributed by atoms with Crippen molar-refractivity contribution in [3.8, 4) is 0 Å². The number of pyridine rings is 1. The zero-order chi connectivity index (χ0) is 20.0. The SMILES string of the molecule is Cc1nc2c(c(C)c1CCC(=O)NC1C3CCCC1CC(N)C3)c(=O)[nH]n2C. The molecule has 2 bridgehead atoms. The van der Waals surface area contributed by atoms with E-state index in [4.69, 9.17) is 5.73 Å². The Hall–Kier alpha value is -2.15. The van der Waals surface area contributed by atoms with E-state index in [1.54, 1.807) is 11.7 Å². The minimum atomic E-state index is -0.125. The molecule has 2 heterocycles. The van der Waals surface area contributed by atoms with Crippen molar-refractivity contribution in [3.05, 3.63) is 27.2 Å². The highest BCUT2D eigenvalue weighted by molar-refractivity contribution is 5.81. The molecule has 152 valence electrons. The second kappa shape index (κ2) is 7.35. The molecule has 0 aromatic carbocycles. The maximum absolute atomic E-state index is 12.7. The number of amides is 1. The quantitative estimate of drug-likeness (QED) is 0.746. The highest BCUT2D eigenvalue weighted by Gasteiger charge is 2.39. The van der Waals surface area contributed by atoms with Crippen LogP contribution in [-0.2, 0) is 18.3 Å². The van der Waals surface area contributed by atoms with Gasteiger partial charge in [-0.15, -0.1) is 0 Å². The first-order valence-electron chi connectivity index (χ1n) is 10.4. The lowest BCUT2D eigenvalue weighted by Crippen LogP contribution is -2.53. The highest BCUT2D eigenvalue weighted by Crippen LogP contribution is 2.39. The van der Waals surface area contributed by atoms with E-state index >= 15 is 0 Å². The molecular weight excluding hydrogens is 354 g/mol. The molecule has 2 aliphatic carbocycles. The third kappa shape index (κ3) is 3.36. The average molecular weight is 386 g/mol. The number of hydrogen-bond acceptors (Lipinski definition) is 4. The van der Waals surface area contributed by atoms with Crippen molar-refractivity contribution in [2.45, 2.75) is 70.9 Å². The van der Waals surface area contributed by atoms with Gasteiger partial charge in [0.15, 0.2) is 5.65 Å². The van der Waals surface area contributed by atoms with E-state index in [1.807, 2.05) is 13.8 Å². The summed E-state index contributed by atoms with van der Waals surface area (Å²) in [6.07, 6.45) is 6.66. The first-order valence-corrected chi connectivity index (χ1v) is 10.4. The molecule has 2 fully saturated rings. The Kier molecular flexibility index (Phi) is 5.04. The summed E-state index contributed by atoms with van der Waals surface area (Å²) in [5, 5.41) is 6.71. The summed E-state index contributed by atoms with van der Waals surface area (Å²) in [6, 6.07) is 0.566. The standard InChI is InChI=1S/C21H31N5O2/c1-11-16(12(2)23-20-18(11)21(28)25-26(20)3)7-8-17(27)24-19-13-5-4-6-14(19)10-15(22)9-13/h13-15,19H,4-10,22H2,1-3H3,(H,24,27)(H,25,28). The van der Waals surface area contributed by atoms with Crippen LogP contribution in [0.15, 0.2) is 4.79 Å². The lowest BCUT2D eigenvalue weighted by Gasteiger charge is -2.45. The summed E-state index contributed by atoms with van der Waals surface area (Å²) in [6.45, 7) is 3.90. The number of aromatic amines is 1. The number of carbonyl (C=O) groups excluding carboxylic acids is 1. The molecule has 0 spiro atoms. The first-order chi connectivity index (χ1) is 13.3. The smallest absolute Gasteiger partial charge is 0.273 e. The number of H-pyrrole nitrogens is 1. The van der Waals surface area contributed by atoms with Gasteiger partial charge in [-0.1, -0.05) is 6.42 Å². The van der Waals surface area contributed by atoms with Gasteiger partial charge in [0, 0.05) is 31.2 Å². The molecule has 2 aromatic heterocycles. The molecule has 7 nitrogen and oxygen atoms in total. The number of nitrogens with one attached hydrogen (secondary N) is 2. The third-order valence-electron chi connectivity index (χ3n) is 6.88. The Balaban J connectivity index is 1.47. The molecule has 4 N–H and O–H groups in total. The van der Waals surface area contributed by atoms with Crippen LogP contribution in [0.3, 0.4) is 0 Å². The van der Waals surface area contributed by atoms with Crippen molar-refractivity contribution < 1.29 is 4.79 Å². The second-order valence-corrected chi connectivity index (χ2v) is 8.78. The second-order valence-electron chi connectivity index (χ2n) is 8.78. The van der Waals surface area contributed by atoms with Crippen LogP contribution in [0.25, 0.3) is 11.0 Å². The van der Waals surface area contributed by atoms with Crippen molar-refractivity contribution in [2.24, 2.45) is 24.6 Å². The van der Waals surface area contributed by atoms with Crippen molar-refractivity contribution in [2.75, 3.05) is 0 Å². The van der Waals surface area contributed by atoms with Crippen LogP contribution in [0.5, 0.6) is 0 Å². The van der Waals surface area contributed by atoms with Gasteiger partial charge in [0.2, 0.25) is 5.91 Å². The Labute approximate surface area is 165 Å². The van der Waals surface area contributed by atoms with Crippen LogP contribution in [0.4, 0.5) is 0 Å². The third-order valence-corrected chi connectivity index (χ3v) is 6.88. The largest absolute Gasteiger partial charge is 0.353 e. The van der Waals surface area contributed by atoms with Crippen LogP contribution in [-0.4, -0.2) is 32.8 Å². The van der Waals surface area contributed by atoms with Gasteiger partial charge in [-0.05, 0) is 68.9 Å². The fourth-order valence-electron chi connectivity index (χ4n) is 5.54. The van der Waals surface area contributed by atoms with Crippen LogP contribution >= 0.6 is 0 Å². The molecule has 0 radical (unpaired) electrons. The van der Waals surface area contributed by atoms with Crippen molar-refractivity contribution in [1.29, 1.82) is 0 Å². The minimum absolute atomic E-state index is 0.0956. The normalized spacial score (nSPS) is 27.1. The molecule has 0 saturated heterocycles. The van der Waals surface area contributed by atoms with Gasteiger partial charge in [0.25, 0.3) is 5.56 Å². The van der Waals surface area contributed by atoms with E-state index in [0.717, 1.165) is 29.7 Å². The summed E-state index contributed by atoms with van der Waals surface area (Å²) in [7, 11) is 1.79. The van der Waals surface area contributed by atoms with Crippen LogP contribution in [0, 0.1) is 25.7 Å². The fraction of sp³-hybridized carbons (Fsp3) is 0.667. The Morgan fingerprint density at radius 1 is 1.29 bits per heavy atom. The van der Waals surface area contributed by atoms with E-state index in [9.17, 15) is 9.59 Å². The van der Waals surface area contributed by atoms with Gasteiger partial charge in [-0.3, -0.25) is 19.4 Å². The maximum atomic E-state index is 12.7. The maximum Gasteiger partial charge on any atom is 0.273 e. The Morgan fingerprint density at radius 3 is 2.64 bits per heavy atom. The van der Waals surface area contributed by atoms with E-state index < -0.39 is 0 Å². The predicted octanol–water partition coefficient (Wildman–Crippen LogP) is 1.83. The molecule has 2 saturated carbocycles. The van der Waals surface area contributed by atoms with Gasteiger partial charge < -0.3 is 11.1 Å². The number of nitrogens with two attached hydrogens (primary N) is 1. The van der Waals surface area contributed by atoms with Gasteiger partial charge in [-0.2, -0.15) is 0 Å². The molecule has 2 aliphatic rings. The van der Waals surface area contributed by atoms with Crippen molar-refractivity contribution in [3.63, 3.8) is 0 Å². The molecule has 2 unspecified atom stereocenters. The number of aryl methyl sites for hydroxylation is 3. The number of rotatable bonds is 4. The fourth-order valence-corrected chi connectivity index (χ4v) is 5.54. The average Bonchev–Trinajstić information content (AvgIpc) is 2.89. The Morgan fingerprint density at radius 2 is 1.96 bits per heavy atom. The number of carbonyl (C=O) groups is 1. The van der Waals surface area contributed by atoms with E-state index in [0.29, 0.717) is 35.7 Å². The van der Waals surface area contributed by atoms with Crippen LogP contribution in [0.2, 0.25) is 0 Å². The molecule has 4 rings (SSSR count). The van der Waals surface area contributed by atoms with Gasteiger partial charge in [-0.25, -0.2) is 4.98 Å². The molecule has 2 atom stereocenters.